The molecule has 0 spiro atoms. The highest BCUT2D eigenvalue weighted by molar-refractivity contribution is 6.32. The van der Waals surface area contributed by atoms with Gasteiger partial charge in [-0.15, -0.1) is 0 Å². The molecule has 22 heavy (non-hydrogen) atoms. The molecule has 1 aromatic carbocycles. The predicted octanol–water partition coefficient (Wildman–Crippen LogP) is 3.75. The number of aliphatic hydroxyl groups excluding tert-OH is 1. The van der Waals surface area contributed by atoms with Gasteiger partial charge in [0.2, 0.25) is 0 Å². The number of halogens is 2. The maximum atomic E-state index is 14.2. The summed E-state index contributed by atoms with van der Waals surface area (Å²) in [5.41, 5.74) is 1.74. The second-order valence-electron chi connectivity index (χ2n) is 5.12. The summed E-state index contributed by atoms with van der Waals surface area (Å²) in [6.45, 7) is 5.04. The molecule has 2 aromatic heterocycles. The summed E-state index contributed by atoms with van der Waals surface area (Å²) in [7, 11) is 0. The van der Waals surface area contributed by atoms with Crippen molar-refractivity contribution in [1.29, 1.82) is 0 Å². The lowest BCUT2D eigenvalue weighted by Gasteiger charge is -2.12. The van der Waals surface area contributed by atoms with Gasteiger partial charge in [-0.25, -0.2) is 9.37 Å². The van der Waals surface area contributed by atoms with E-state index in [9.17, 15) is 9.50 Å². The van der Waals surface area contributed by atoms with E-state index in [1.807, 2.05) is 0 Å². The third-order valence-electron chi connectivity index (χ3n) is 3.50. The Morgan fingerprint density at radius 2 is 2.00 bits per heavy atom. The molecule has 0 aliphatic rings. The number of nitrogens with zero attached hydrogens (tertiary/aromatic N) is 3. The average Bonchev–Trinajstić information content (AvgIpc) is 2.86. The summed E-state index contributed by atoms with van der Waals surface area (Å²) >= 11 is 6.17. The standard InChI is InChI=1S/C15H13ClFN3O2/c1-6-10-4-9(7(2)21)5-11(17)13(10)19-14(16)12(6)15-18-8(3)20-22-15/h4-5,7,21H,1-3H3. The van der Waals surface area contributed by atoms with Crippen LogP contribution in [0, 0.1) is 19.7 Å². The number of hydrogen-bond acceptors (Lipinski definition) is 5. The summed E-state index contributed by atoms with van der Waals surface area (Å²) in [4.78, 5) is 8.25. The zero-order chi connectivity index (χ0) is 16.0. The highest BCUT2D eigenvalue weighted by atomic mass is 35.5. The summed E-state index contributed by atoms with van der Waals surface area (Å²) in [5, 5.41) is 14.1. The van der Waals surface area contributed by atoms with Gasteiger partial charge in [0.25, 0.3) is 5.89 Å². The molecule has 1 atom stereocenters. The number of benzene rings is 1. The molecule has 0 radical (unpaired) electrons. The Labute approximate surface area is 130 Å². The van der Waals surface area contributed by atoms with Crippen molar-refractivity contribution in [3.63, 3.8) is 0 Å². The molecule has 0 saturated carbocycles. The fourth-order valence-electron chi connectivity index (χ4n) is 2.35. The Morgan fingerprint density at radius 3 is 2.59 bits per heavy atom. The molecule has 0 fully saturated rings. The smallest absolute Gasteiger partial charge is 0.261 e. The lowest BCUT2D eigenvalue weighted by atomic mass is 10.0. The molecular weight excluding hydrogens is 309 g/mol. The second kappa shape index (κ2) is 5.30. The van der Waals surface area contributed by atoms with Gasteiger partial charge in [-0.2, -0.15) is 4.98 Å². The molecule has 1 N–H and O–H groups in total. The first-order valence-corrected chi connectivity index (χ1v) is 7.04. The number of fused-ring (bicyclic) bond motifs is 1. The van der Waals surface area contributed by atoms with Crippen molar-refractivity contribution in [1.82, 2.24) is 15.1 Å². The topological polar surface area (TPSA) is 72.0 Å². The first kappa shape index (κ1) is 14.9. The molecule has 114 valence electrons. The van der Waals surface area contributed by atoms with Crippen molar-refractivity contribution >= 4 is 22.5 Å². The average molecular weight is 322 g/mol. The first-order chi connectivity index (χ1) is 10.4. The third kappa shape index (κ3) is 2.34. The van der Waals surface area contributed by atoms with Crippen LogP contribution < -0.4 is 0 Å². The Hall–Kier alpha value is -2.05. The maximum Gasteiger partial charge on any atom is 0.261 e. The van der Waals surface area contributed by atoms with E-state index >= 15 is 0 Å². The quantitative estimate of drug-likeness (QED) is 0.728. The van der Waals surface area contributed by atoms with Crippen molar-refractivity contribution in [2.45, 2.75) is 26.9 Å². The number of aromatic nitrogens is 3. The molecular formula is C15H13ClFN3O2. The van der Waals surface area contributed by atoms with Crippen LogP contribution >= 0.6 is 11.6 Å². The molecule has 3 rings (SSSR count). The monoisotopic (exact) mass is 321 g/mol. The van der Waals surface area contributed by atoms with Crippen LogP contribution in [0.1, 0.15) is 30.0 Å². The molecule has 0 amide bonds. The number of aryl methyl sites for hydroxylation is 2. The van der Waals surface area contributed by atoms with Crippen LogP contribution in [0.2, 0.25) is 5.15 Å². The zero-order valence-electron chi connectivity index (χ0n) is 12.2. The molecule has 0 aliphatic heterocycles. The van der Waals surface area contributed by atoms with Crippen LogP contribution in [0.5, 0.6) is 0 Å². The van der Waals surface area contributed by atoms with Gasteiger partial charge in [-0.1, -0.05) is 16.8 Å². The fraction of sp³-hybridized carbons (Fsp3) is 0.267. The Bertz CT molecular complexity index is 877. The zero-order valence-corrected chi connectivity index (χ0v) is 12.9. The highest BCUT2D eigenvalue weighted by Gasteiger charge is 2.20. The Balaban J connectivity index is 2.36. The van der Waals surface area contributed by atoms with E-state index in [-0.39, 0.29) is 16.6 Å². The number of pyridine rings is 1. The lowest BCUT2D eigenvalue weighted by molar-refractivity contribution is 0.199. The van der Waals surface area contributed by atoms with Gasteiger partial charge < -0.3 is 9.63 Å². The van der Waals surface area contributed by atoms with E-state index in [1.54, 1.807) is 26.8 Å². The van der Waals surface area contributed by atoms with Crippen molar-refractivity contribution in [3.8, 4) is 11.5 Å². The molecule has 7 heteroatoms. The van der Waals surface area contributed by atoms with Gasteiger partial charge in [0.05, 0.1) is 11.7 Å². The largest absolute Gasteiger partial charge is 0.389 e. The summed E-state index contributed by atoms with van der Waals surface area (Å²) in [5.74, 6) is 0.165. The van der Waals surface area contributed by atoms with Crippen molar-refractivity contribution in [2.24, 2.45) is 0 Å². The van der Waals surface area contributed by atoms with Gasteiger partial charge in [-0.3, -0.25) is 0 Å². The van der Waals surface area contributed by atoms with E-state index in [1.165, 1.54) is 6.07 Å². The van der Waals surface area contributed by atoms with Gasteiger partial charge in [0.15, 0.2) is 5.82 Å². The fourth-order valence-corrected chi connectivity index (χ4v) is 2.66. The molecule has 0 bridgehead atoms. The van der Waals surface area contributed by atoms with Crippen molar-refractivity contribution in [2.75, 3.05) is 0 Å². The van der Waals surface area contributed by atoms with Gasteiger partial charge in [0.1, 0.15) is 16.5 Å². The SMILES string of the molecule is Cc1noc(-c2c(Cl)nc3c(F)cc(C(C)O)cc3c2C)n1. The van der Waals surface area contributed by atoms with Crippen LogP contribution in [-0.4, -0.2) is 20.2 Å². The Kier molecular flexibility index (Phi) is 3.58. The maximum absolute atomic E-state index is 14.2. The molecule has 0 aliphatic carbocycles. The molecule has 2 heterocycles. The van der Waals surface area contributed by atoms with Gasteiger partial charge in [0, 0.05) is 5.39 Å². The first-order valence-electron chi connectivity index (χ1n) is 6.66. The van der Waals surface area contributed by atoms with Crippen LogP contribution in [-0.2, 0) is 0 Å². The second-order valence-corrected chi connectivity index (χ2v) is 5.48. The molecule has 3 aromatic rings. The Morgan fingerprint density at radius 1 is 1.27 bits per heavy atom. The molecule has 0 saturated heterocycles. The van der Waals surface area contributed by atoms with E-state index < -0.39 is 11.9 Å². The normalized spacial score (nSPS) is 12.8. The van der Waals surface area contributed by atoms with Gasteiger partial charge >= 0.3 is 0 Å². The summed E-state index contributed by atoms with van der Waals surface area (Å²) in [6, 6.07) is 2.95. The van der Waals surface area contributed by atoms with Crippen LogP contribution in [0.4, 0.5) is 4.39 Å². The summed E-state index contributed by atoms with van der Waals surface area (Å²) < 4.78 is 19.4. The molecule has 1 unspecified atom stereocenters. The van der Waals surface area contributed by atoms with E-state index in [0.717, 1.165) is 0 Å². The van der Waals surface area contributed by atoms with Crippen LogP contribution in [0.3, 0.4) is 0 Å². The number of aliphatic hydroxyl groups is 1. The predicted molar refractivity (Wildman–Crippen MR) is 80.1 cm³/mol. The van der Waals surface area contributed by atoms with E-state index in [0.29, 0.717) is 27.9 Å². The number of hydrogen-bond donors (Lipinski definition) is 1. The van der Waals surface area contributed by atoms with E-state index in [4.69, 9.17) is 16.1 Å². The van der Waals surface area contributed by atoms with Crippen LogP contribution in [0.15, 0.2) is 16.7 Å². The third-order valence-corrected chi connectivity index (χ3v) is 3.78. The highest BCUT2D eigenvalue weighted by Crippen LogP contribution is 2.35. The lowest BCUT2D eigenvalue weighted by Crippen LogP contribution is -1.98. The molecule has 5 nitrogen and oxygen atoms in total. The van der Waals surface area contributed by atoms with Gasteiger partial charge in [-0.05, 0) is 44.0 Å². The minimum Gasteiger partial charge on any atom is -0.389 e. The van der Waals surface area contributed by atoms with Crippen molar-refractivity contribution in [3.05, 3.63) is 40.1 Å². The number of rotatable bonds is 2. The minimum atomic E-state index is -0.789. The van der Waals surface area contributed by atoms with E-state index in [2.05, 4.69) is 15.1 Å². The summed E-state index contributed by atoms with van der Waals surface area (Å²) in [6.07, 6.45) is -0.789. The van der Waals surface area contributed by atoms with Crippen molar-refractivity contribution < 1.29 is 14.0 Å². The van der Waals surface area contributed by atoms with Crippen LogP contribution in [0.25, 0.3) is 22.4 Å². The minimum absolute atomic E-state index is 0.0948.